The molecule has 0 aromatic carbocycles. The Kier molecular flexibility index (Phi) is 5.43. The van der Waals surface area contributed by atoms with E-state index in [0.29, 0.717) is 0 Å². The molecule has 0 bridgehead atoms. The molecule has 90 valence electrons. The number of aromatic nitrogens is 1. The molecule has 0 fully saturated rings. The van der Waals surface area contributed by atoms with Crippen LogP contribution in [-0.2, 0) is 6.54 Å². The van der Waals surface area contributed by atoms with E-state index in [1.165, 1.54) is 5.56 Å². The maximum atomic E-state index is 9.10. The summed E-state index contributed by atoms with van der Waals surface area (Å²) >= 11 is 0. The first kappa shape index (κ1) is 13.1. The fourth-order valence-corrected chi connectivity index (χ4v) is 1.51. The van der Waals surface area contributed by atoms with Gasteiger partial charge in [-0.2, -0.15) is 0 Å². The van der Waals surface area contributed by atoms with Crippen LogP contribution in [0.5, 0.6) is 0 Å². The van der Waals surface area contributed by atoms with Crippen LogP contribution < -0.4 is 5.32 Å². The molecular weight excluding hydrogens is 200 g/mol. The molecule has 0 unspecified atom stereocenters. The molecule has 0 saturated carbocycles. The van der Waals surface area contributed by atoms with Crippen molar-refractivity contribution in [1.82, 2.24) is 10.3 Å². The van der Waals surface area contributed by atoms with Crippen molar-refractivity contribution < 1.29 is 5.11 Å². The number of aliphatic hydroxyl groups excluding tert-OH is 1. The first-order chi connectivity index (χ1) is 7.64. The van der Waals surface area contributed by atoms with Crippen molar-refractivity contribution in [3.8, 4) is 0 Å². The van der Waals surface area contributed by atoms with Gasteiger partial charge in [-0.3, -0.25) is 4.98 Å². The average molecular weight is 222 g/mol. The number of pyridine rings is 1. The van der Waals surface area contributed by atoms with Crippen LogP contribution in [0.1, 0.15) is 32.3 Å². The van der Waals surface area contributed by atoms with Gasteiger partial charge in [-0.15, -0.1) is 0 Å². The SMILES string of the molecule is CC(C)(CO)CCCNCc1cccnc1. The monoisotopic (exact) mass is 222 g/mol. The highest BCUT2D eigenvalue weighted by Gasteiger charge is 2.14. The van der Waals surface area contributed by atoms with Gasteiger partial charge >= 0.3 is 0 Å². The zero-order valence-corrected chi connectivity index (χ0v) is 10.2. The van der Waals surface area contributed by atoms with Crippen molar-refractivity contribution in [1.29, 1.82) is 0 Å². The van der Waals surface area contributed by atoms with E-state index in [-0.39, 0.29) is 12.0 Å². The van der Waals surface area contributed by atoms with Crippen molar-refractivity contribution in [3.05, 3.63) is 30.1 Å². The number of hydrogen-bond donors (Lipinski definition) is 2. The third-order valence-corrected chi connectivity index (χ3v) is 2.69. The van der Waals surface area contributed by atoms with Crippen molar-refractivity contribution in [3.63, 3.8) is 0 Å². The zero-order valence-electron chi connectivity index (χ0n) is 10.2. The summed E-state index contributed by atoms with van der Waals surface area (Å²) in [7, 11) is 0. The van der Waals surface area contributed by atoms with Gasteiger partial charge in [-0.05, 0) is 36.4 Å². The Bertz CT molecular complexity index is 285. The first-order valence-electron chi connectivity index (χ1n) is 5.84. The molecule has 2 N–H and O–H groups in total. The van der Waals surface area contributed by atoms with Gasteiger partial charge in [0.05, 0.1) is 0 Å². The molecule has 16 heavy (non-hydrogen) atoms. The Hall–Kier alpha value is -0.930. The van der Waals surface area contributed by atoms with Crippen molar-refractivity contribution in [2.45, 2.75) is 33.2 Å². The molecule has 1 rings (SSSR count). The fraction of sp³-hybridized carbons (Fsp3) is 0.615. The predicted molar refractivity (Wildman–Crippen MR) is 66.0 cm³/mol. The molecule has 1 heterocycles. The molecule has 0 radical (unpaired) electrons. The van der Waals surface area contributed by atoms with Gasteiger partial charge in [0.1, 0.15) is 0 Å². The van der Waals surface area contributed by atoms with Crippen LogP contribution in [0.3, 0.4) is 0 Å². The number of rotatable bonds is 7. The lowest BCUT2D eigenvalue weighted by Gasteiger charge is -2.21. The molecule has 1 aromatic rings. The molecule has 0 saturated heterocycles. The topological polar surface area (TPSA) is 45.1 Å². The van der Waals surface area contributed by atoms with Crippen molar-refractivity contribution >= 4 is 0 Å². The molecule has 0 aliphatic carbocycles. The predicted octanol–water partition coefficient (Wildman–Crippen LogP) is 1.97. The summed E-state index contributed by atoms with van der Waals surface area (Å²) in [6, 6.07) is 4.02. The smallest absolute Gasteiger partial charge is 0.0482 e. The molecule has 3 nitrogen and oxygen atoms in total. The summed E-state index contributed by atoms with van der Waals surface area (Å²) in [6.45, 7) is 6.30. The zero-order chi connectivity index (χ0) is 11.9. The molecule has 0 aliphatic rings. The van der Waals surface area contributed by atoms with Gasteiger partial charge in [0, 0.05) is 25.5 Å². The number of hydrogen-bond acceptors (Lipinski definition) is 3. The van der Waals surface area contributed by atoms with Crippen LogP contribution in [0.15, 0.2) is 24.5 Å². The third kappa shape index (κ3) is 5.24. The van der Waals surface area contributed by atoms with Crippen LogP contribution in [0, 0.1) is 5.41 Å². The van der Waals surface area contributed by atoms with Crippen LogP contribution in [-0.4, -0.2) is 23.2 Å². The van der Waals surface area contributed by atoms with E-state index in [4.69, 9.17) is 5.11 Å². The van der Waals surface area contributed by atoms with E-state index < -0.39 is 0 Å². The third-order valence-electron chi connectivity index (χ3n) is 2.69. The Morgan fingerprint density at radius 2 is 2.25 bits per heavy atom. The highest BCUT2D eigenvalue weighted by atomic mass is 16.3. The maximum absolute atomic E-state index is 9.10. The number of aliphatic hydroxyl groups is 1. The van der Waals surface area contributed by atoms with Crippen molar-refractivity contribution in [2.75, 3.05) is 13.2 Å². The lowest BCUT2D eigenvalue weighted by molar-refractivity contribution is 0.148. The summed E-state index contributed by atoms with van der Waals surface area (Å²) in [5, 5.41) is 12.5. The number of nitrogens with one attached hydrogen (secondary N) is 1. The standard InChI is InChI=1S/C13H22N2O/c1-13(2,11-16)6-4-8-15-10-12-5-3-7-14-9-12/h3,5,7,9,15-16H,4,6,8,10-11H2,1-2H3. The fourth-order valence-electron chi connectivity index (χ4n) is 1.51. The summed E-state index contributed by atoms with van der Waals surface area (Å²) in [6.07, 6.45) is 5.80. The summed E-state index contributed by atoms with van der Waals surface area (Å²) in [5.74, 6) is 0. The lowest BCUT2D eigenvalue weighted by Crippen LogP contribution is -2.20. The maximum Gasteiger partial charge on any atom is 0.0482 e. The minimum atomic E-state index is 0.0516. The Morgan fingerprint density at radius 1 is 1.44 bits per heavy atom. The van der Waals surface area contributed by atoms with Crippen LogP contribution in [0.2, 0.25) is 0 Å². The highest BCUT2D eigenvalue weighted by Crippen LogP contribution is 2.20. The van der Waals surface area contributed by atoms with E-state index >= 15 is 0 Å². The van der Waals surface area contributed by atoms with Gasteiger partial charge in [0.2, 0.25) is 0 Å². The van der Waals surface area contributed by atoms with Gasteiger partial charge in [-0.25, -0.2) is 0 Å². The normalized spacial score (nSPS) is 11.7. The minimum absolute atomic E-state index is 0.0516. The first-order valence-corrected chi connectivity index (χ1v) is 5.84. The van der Waals surface area contributed by atoms with E-state index in [2.05, 4.69) is 30.2 Å². The lowest BCUT2D eigenvalue weighted by atomic mass is 9.89. The largest absolute Gasteiger partial charge is 0.396 e. The van der Waals surface area contributed by atoms with E-state index in [0.717, 1.165) is 25.9 Å². The second-order valence-corrected chi connectivity index (χ2v) is 4.96. The second kappa shape index (κ2) is 6.61. The Balaban J connectivity index is 2.09. The molecular formula is C13H22N2O. The summed E-state index contributed by atoms with van der Waals surface area (Å²) < 4.78 is 0. The van der Waals surface area contributed by atoms with Crippen LogP contribution in [0.4, 0.5) is 0 Å². The summed E-state index contributed by atoms with van der Waals surface area (Å²) in [4.78, 5) is 4.06. The van der Waals surface area contributed by atoms with Gasteiger partial charge < -0.3 is 10.4 Å². The minimum Gasteiger partial charge on any atom is -0.396 e. The molecule has 1 aromatic heterocycles. The molecule has 0 aliphatic heterocycles. The second-order valence-electron chi connectivity index (χ2n) is 4.96. The molecule has 0 spiro atoms. The van der Waals surface area contributed by atoms with E-state index in [1.54, 1.807) is 6.20 Å². The number of nitrogens with zero attached hydrogens (tertiary/aromatic N) is 1. The van der Waals surface area contributed by atoms with Crippen LogP contribution >= 0.6 is 0 Å². The average Bonchev–Trinajstić information content (AvgIpc) is 2.30. The van der Waals surface area contributed by atoms with E-state index in [9.17, 15) is 0 Å². The van der Waals surface area contributed by atoms with E-state index in [1.807, 2.05) is 12.3 Å². The quantitative estimate of drug-likeness (QED) is 0.693. The van der Waals surface area contributed by atoms with Gasteiger partial charge in [0.15, 0.2) is 0 Å². The summed E-state index contributed by atoms with van der Waals surface area (Å²) in [5.41, 5.74) is 1.26. The molecule has 3 heteroatoms. The van der Waals surface area contributed by atoms with Crippen LogP contribution in [0.25, 0.3) is 0 Å². The highest BCUT2D eigenvalue weighted by molar-refractivity contribution is 5.07. The van der Waals surface area contributed by atoms with Gasteiger partial charge in [-0.1, -0.05) is 19.9 Å². The molecule has 0 atom stereocenters. The molecule has 0 amide bonds. The Morgan fingerprint density at radius 3 is 2.88 bits per heavy atom. The Labute approximate surface area is 97.9 Å². The van der Waals surface area contributed by atoms with Gasteiger partial charge in [0.25, 0.3) is 0 Å². The van der Waals surface area contributed by atoms with Crippen molar-refractivity contribution in [2.24, 2.45) is 5.41 Å².